The van der Waals surface area contributed by atoms with Crippen molar-refractivity contribution in [2.45, 2.75) is 45.2 Å². The van der Waals surface area contributed by atoms with Gasteiger partial charge < -0.3 is 4.90 Å². The number of rotatable bonds is 5. The van der Waals surface area contributed by atoms with Crippen LogP contribution in [-0.4, -0.2) is 34.4 Å². The first-order valence-electron chi connectivity index (χ1n) is 5.94. The molecule has 90 valence electrons. The number of amides is 1. The standard InChI is InChI=1S/C11H18N2O3/c1-7(2)6-12(8-3-4-8)11(14)9-5-10(9)13(15)16/h7-10H,3-6H2,1-2H3. The maximum atomic E-state index is 12.1. The van der Waals surface area contributed by atoms with Gasteiger partial charge in [0.1, 0.15) is 5.92 Å². The molecule has 2 atom stereocenters. The minimum absolute atomic E-state index is 0.0119. The smallest absolute Gasteiger partial charge is 0.233 e. The lowest BCUT2D eigenvalue weighted by Crippen LogP contribution is -2.38. The molecule has 0 aromatic carbocycles. The van der Waals surface area contributed by atoms with Crippen LogP contribution in [0.25, 0.3) is 0 Å². The summed E-state index contributed by atoms with van der Waals surface area (Å²) in [6, 6.07) is -0.246. The van der Waals surface area contributed by atoms with Gasteiger partial charge in [-0.1, -0.05) is 13.8 Å². The summed E-state index contributed by atoms with van der Waals surface area (Å²) in [7, 11) is 0. The minimum Gasteiger partial charge on any atom is -0.339 e. The molecule has 5 heteroatoms. The van der Waals surface area contributed by atoms with Gasteiger partial charge >= 0.3 is 0 Å². The molecular formula is C11H18N2O3. The van der Waals surface area contributed by atoms with Crippen LogP contribution in [0.3, 0.4) is 0 Å². The first kappa shape index (κ1) is 11.4. The summed E-state index contributed by atoms with van der Waals surface area (Å²) < 4.78 is 0. The Labute approximate surface area is 95.0 Å². The molecule has 0 aromatic rings. The third-order valence-corrected chi connectivity index (χ3v) is 3.18. The molecule has 0 aromatic heterocycles. The van der Waals surface area contributed by atoms with Gasteiger partial charge in [-0.25, -0.2) is 0 Å². The van der Waals surface area contributed by atoms with Gasteiger partial charge in [0.2, 0.25) is 11.9 Å². The van der Waals surface area contributed by atoms with Crippen molar-refractivity contribution < 1.29 is 9.72 Å². The quantitative estimate of drug-likeness (QED) is 0.524. The molecule has 2 saturated carbocycles. The predicted molar refractivity (Wildman–Crippen MR) is 58.5 cm³/mol. The van der Waals surface area contributed by atoms with Gasteiger partial charge in [0.05, 0.1) is 0 Å². The lowest BCUT2D eigenvalue weighted by atomic mass is 10.2. The van der Waals surface area contributed by atoms with Gasteiger partial charge in [-0.2, -0.15) is 0 Å². The molecular weight excluding hydrogens is 208 g/mol. The fourth-order valence-corrected chi connectivity index (χ4v) is 2.09. The molecule has 2 aliphatic carbocycles. The average Bonchev–Trinajstić information content (AvgIpc) is 3.00. The van der Waals surface area contributed by atoms with E-state index in [9.17, 15) is 14.9 Å². The third-order valence-electron chi connectivity index (χ3n) is 3.18. The van der Waals surface area contributed by atoms with Crippen LogP contribution < -0.4 is 0 Å². The van der Waals surface area contributed by atoms with Crippen LogP contribution in [0.5, 0.6) is 0 Å². The van der Waals surface area contributed by atoms with Crippen LogP contribution in [0.1, 0.15) is 33.1 Å². The summed E-state index contributed by atoms with van der Waals surface area (Å²) in [6.07, 6.45) is 2.57. The molecule has 0 N–H and O–H groups in total. The van der Waals surface area contributed by atoms with Crippen LogP contribution in [0.4, 0.5) is 0 Å². The Hall–Kier alpha value is -1.13. The molecule has 0 radical (unpaired) electrons. The molecule has 0 aliphatic heterocycles. The molecule has 2 fully saturated rings. The number of carbonyl (C=O) groups is 1. The highest BCUT2D eigenvalue weighted by Crippen LogP contribution is 2.38. The Morgan fingerprint density at radius 2 is 2.12 bits per heavy atom. The van der Waals surface area contributed by atoms with Gasteiger partial charge in [0.25, 0.3) is 0 Å². The SMILES string of the molecule is CC(C)CN(C(=O)C1CC1[N+](=O)[O-])C1CC1. The first-order chi connectivity index (χ1) is 7.50. The van der Waals surface area contributed by atoms with Crippen molar-refractivity contribution in [3.8, 4) is 0 Å². The van der Waals surface area contributed by atoms with Crippen molar-refractivity contribution in [1.29, 1.82) is 0 Å². The second kappa shape index (κ2) is 4.03. The highest BCUT2D eigenvalue weighted by Gasteiger charge is 2.55. The molecule has 5 nitrogen and oxygen atoms in total. The molecule has 2 aliphatic rings. The van der Waals surface area contributed by atoms with E-state index >= 15 is 0 Å². The lowest BCUT2D eigenvalue weighted by molar-refractivity contribution is -0.497. The molecule has 1 amide bonds. The lowest BCUT2D eigenvalue weighted by Gasteiger charge is -2.24. The van der Waals surface area contributed by atoms with E-state index in [0.717, 1.165) is 19.4 Å². The van der Waals surface area contributed by atoms with E-state index in [1.54, 1.807) is 0 Å². The predicted octanol–water partition coefficient (Wildman–Crippen LogP) is 1.30. The maximum Gasteiger partial charge on any atom is 0.233 e. The molecule has 16 heavy (non-hydrogen) atoms. The van der Waals surface area contributed by atoms with Crippen LogP contribution in [-0.2, 0) is 4.79 Å². The summed E-state index contributed by atoms with van der Waals surface area (Å²) in [5.74, 6) is 0.101. The van der Waals surface area contributed by atoms with Crippen molar-refractivity contribution in [2.24, 2.45) is 11.8 Å². The Balaban J connectivity index is 1.93. The summed E-state index contributed by atoms with van der Waals surface area (Å²) in [6.45, 7) is 4.88. The summed E-state index contributed by atoms with van der Waals surface area (Å²) in [5, 5.41) is 10.5. The number of nitro groups is 1. The zero-order valence-electron chi connectivity index (χ0n) is 9.76. The Kier molecular flexibility index (Phi) is 2.86. The number of carbonyl (C=O) groups excluding carboxylic acids is 1. The fourth-order valence-electron chi connectivity index (χ4n) is 2.09. The van der Waals surface area contributed by atoms with Crippen molar-refractivity contribution in [3.63, 3.8) is 0 Å². The fraction of sp³-hybridized carbons (Fsp3) is 0.909. The number of hydrogen-bond donors (Lipinski definition) is 0. The van der Waals surface area contributed by atoms with E-state index < -0.39 is 6.04 Å². The van der Waals surface area contributed by atoms with Gasteiger partial charge in [-0.3, -0.25) is 14.9 Å². The molecule has 0 heterocycles. The molecule has 0 saturated heterocycles. The highest BCUT2D eigenvalue weighted by atomic mass is 16.6. The second-order valence-corrected chi connectivity index (χ2v) is 5.31. The van der Waals surface area contributed by atoms with Crippen molar-refractivity contribution >= 4 is 5.91 Å². The average molecular weight is 226 g/mol. The van der Waals surface area contributed by atoms with E-state index in [1.807, 2.05) is 4.90 Å². The van der Waals surface area contributed by atoms with Crippen LogP contribution in [0, 0.1) is 22.0 Å². The minimum atomic E-state index is -0.610. The van der Waals surface area contributed by atoms with E-state index in [0.29, 0.717) is 18.4 Å². The summed E-state index contributed by atoms with van der Waals surface area (Å²) in [4.78, 5) is 24.2. The second-order valence-electron chi connectivity index (χ2n) is 5.31. The zero-order chi connectivity index (χ0) is 11.9. The van der Waals surface area contributed by atoms with E-state index in [1.165, 1.54) is 0 Å². The van der Waals surface area contributed by atoms with Gasteiger partial charge in [0.15, 0.2) is 0 Å². The van der Waals surface area contributed by atoms with Crippen molar-refractivity contribution in [3.05, 3.63) is 10.1 Å². The Bertz CT molecular complexity index is 312. The molecule has 0 bridgehead atoms. The van der Waals surface area contributed by atoms with Crippen molar-refractivity contribution in [2.75, 3.05) is 6.54 Å². The van der Waals surface area contributed by atoms with Crippen molar-refractivity contribution in [1.82, 2.24) is 4.90 Å². The third kappa shape index (κ3) is 2.33. The largest absolute Gasteiger partial charge is 0.339 e. The zero-order valence-corrected chi connectivity index (χ0v) is 9.76. The Morgan fingerprint density at radius 1 is 1.50 bits per heavy atom. The van der Waals surface area contributed by atoms with Crippen LogP contribution in [0.2, 0.25) is 0 Å². The summed E-state index contributed by atoms with van der Waals surface area (Å²) in [5.41, 5.74) is 0. The monoisotopic (exact) mass is 226 g/mol. The maximum absolute atomic E-state index is 12.1. The van der Waals surface area contributed by atoms with E-state index in [2.05, 4.69) is 13.8 Å². The van der Waals surface area contributed by atoms with Gasteiger partial charge in [-0.05, 0) is 18.8 Å². The van der Waals surface area contributed by atoms with Gasteiger partial charge in [-0.15, -0.1) is 0 Å². The van der Waals surface area contributed by atoms with E-state index in [4.69, 9.17) is 0 Å². The van der Waals surface area contributed by atoms with Gasteiger partial charge in [0, 0.05) is 23.9 Å². The number of hydrogen-bond acceptors (Lipinski definition) is 3. The molecule has 0 spiro atoms. The van der Waals surface area contributed by atoms with E-state index in [-0.39, 0.29) is 16.7 Å². The first-order valence-corrected chi connectivity index (χ1v) is 5.94. The molecule has 2 rings (SSSR count). The molecule has 2 unspecified atom stereocenters. The highest BCUT2D eigenvalue weighted by molar-refractivity contribution is 5.82. The Morgan fingerprint density at radius 3 is 2.50 bits per heavy atom. The normalized spacial score (nSPS) is 27.9. The van der Waals surface area contributed by atoms with Crippen LogP contribution >= 0.6 is 0 Å². The number of nitrogens with zero attached hydrogens (tertiary/aromatic N) is 2. The summed E-state index contributed by atoms with van der Waals surface area (Å²) >= 11 is 0. The van der Waals surface area contributed by atoms with Crippen LogP contribution in [0.15, 0.2) is 0 Å². The topological polar surface area (TPSA) is 63.5 Å².